The number of esters is 1. The standard InChI is InChI=1S/C9H14N6O4/c1-5-7(15(17)18)8(13-9(12-5)14-10)11-4-3-6(16)19-2/h3-4,10H2,1-2H3,(H2,11,12,13,14). The lowest BCUT2D eigenvalue weighted by Gasteiger charge is -2.08. The number of nitrogens with zero attached hydrogens (tertiary/aromatic N) is 3. The zero-order chi connectivity index (χ0) is 14.4. The average molecular weight is 270 g/mol. The van der Waals surface area contributed by atoms with Crippen molar-refractivity contribution in [3.63, 3.8) is 0 Å². The van der Waals surface area contributed by atoms with E-state index in [1.165, 1.54) is 14.0 Å². The number of hydrogen-bond acceptors (Lipinski definition) is 9. The van der Waals surface area contributed by atoms with Gasteiger partial charge < -0.3 is 10.1 Å². The van der Waals surface area contributed by atoms with Crippen molar-refractivity contribution in [3.8, 4) is 0 Å². The maximum absolute atomic E-state index is 10.9. The minimum atomic E-state index is -0.601. The van der Waals surface area contributed by atoms with Gasteiger partial charge in [0.15, 0.2) is 0 Å². The molecule has 10 nitrogen and oxygen atoms in total. The van der Waals surface area contributed by atoms with Crippen molar-refractivity contribution in [2.24, 2.45) is 5.84 Å². The monoisotopic (exact) mass is 270 g/mol. The summed E-state index contributed by atoms with van der Waals surface area (Å²) >= 11 is 0. The third-order valence-electron chi connectivity index (χ3n) is 2.22. The summed E-state index contributed by atoms with van der Waals surface area (Å²) in [7, 11) is 1.26. The van der Waals surface area contributed by atoms with E-state index < -0.39 is 10.9 Å². The van der Waals surface area contributed by atoms with Crippen molar-refractivity contribution >= 4 is 23.4 Å². The van der Waals surface area contributed by atoms with E-state index >= 15 is 0 Å². The number of aromatic nitrogens is 2. The Kier molecular flexibility index (Phi) is 4.94. The Bertz CT molecular complexity index is 492. The van der Waals surface area contributed by atoms with E-state index in [2.05, 4.69) is 25.4 Å². The normalized spacial score (nSPS) is 9.84. The van der Waals surface area contributed by atoms with Gasteiger partial charge in [0, 0.05) is 6.54 Å². The summed E-state index contributed by atoms with van der Waals surface area (Å²) in [4.78, 5) is 28.9. The minimum Gasteiger partial charge on any atom is -0.469 e. The first-order valence-electron chi connectivity index (χ1n) is 5.30. The molecule has 1 aromatic rings. The van der Waals surface area contributed by atoms with Crippen LogP contribution in [0.5, 0.6) is 0 Å². The Balaban J connectivity index is 2.93. The van der Waals surface area contributed by atoms with Crippen molar-refractivity contribution in [2.45, 2.75) is 13.3 Å². The van der Waals surface area contributed by atoms with Crippen LogP contribution in [-0.2, 0) is 9.53 Å². The van der Waals surface area contributed by atoms with Crippen LogP contribution in [0.15, 0.2) is 0 Å². The number of nitrogens with two attached hydrogens (primary N) is 1. The summed E-state index contributed by atoms with van der Waals surface area (Å²) in [5.41, 5.74) is 2.11. The van der Waals surface area contributed by atoms with Crippen LogP contribution in [0.2, 0.25) is 0 Å². The van der Waals surface area contributed by atoms with Crippen LogP contribution in [0, 0.1) is 17.0 Å². The second-order valence-corrected chi connectivity index (χ2v) is 3.48. The number of ether oxygens (including phenoxy) is 1. The van der Waals surface area contributed by atoms with Crippen LogP contribution in [0.4, 0.5) is 17.5 Å². The molecule has 0 atom stereocenters. The molecular weight excluding hydrogens is 256 g/mol. The summed E-state index contributed by atoms with van der Waals surface area (Å²) in [6.07, 6.45) is 0.0576. The van der Waals surface area contributed by atoms with Crippen LogP contribution in [0.1, 0.15) is 12.1 Å². The molecule has 0 aromatic carbocycles. The van der Waals surface area contributed by atoms with E-state index in [0.29, 0.717) is 0 Å². The van der Waals surface area contributed by atoms with Gasteiger partial charge in [-0.05, 0) is 6.92 Å². The number of nitrogen functional groups attached to an aromatic ring is 1. The van der Waals surface area contributed by atoms with E-state index in [9.17, 15) is 14.9 Å². The van der Waals surface area contributed by atoms with Gasteiger partial charge in [0.25, 0.3) is 0 Å². The number of anilines is 2. The number of aryl methyl sites for hydroxylation is 1. The second-order valence-electron chi connectivity index (χ2n) is 3.48. The predicted molar refractivity (Wildman–Crippen MR) is 66.4 cm³/mol. The van der Waals surface area contributed by atoms with Crippen LogP contribution in [-0.4, -0.2) is 34.5 Å². The molecule has 0 spiro atoms. The first-order chi connectivity index (χ1) is 8.99. The van der Waals surface area contributed by atoms with Gasteiger partial charge >= 0.3 is 11.7 Å². The third-order valence-corrected chi connectivity index (χ3v) is 2.22. The smallest absolute Gasteiger partial charge is 0.332 e. The molecule has 1 rings (SSSR count). The molecule has 19 heavy (non-hydrogen) atoms. The van der Waals surface area contributed by atoms with Crippen LogP contribution in [0.3, 0.4) is 0 Å². The molecule has 1 heterocycles. The first kappa shape index (κ1) is 14.6. The third kappa shape index (κ3) is 3.74. The molecular formula is C9H14N6O4. The number of nitro groups is 1. The lowest BCUT2D eigenvalue weighted by Crippen LogP contribution is -2.16. The molecule has 0 aliphatic carbocycles. The van der Waals surface area contributed by atoms with E-state index in [4.69, 9.17) is 5.84 Å². The number of carbonyl (C=O) groups excluding carboxylic acids is 1. The van der Waals surface area contributed by atoms with E-state index in [1.807, 2.05) is 0 Å². The molecule has 4 N–H and O–H groups in total. The SMILES string of the molecule is COC(=O)CCNc1nc(NN)nc(C)c1[N+](=O)[O-]. The van der Waals surface area contributed by atoms with Gasteiger partial charge in [0.1, 0.15) is 5.69 Å². The highest BCUT2D eigenvalue weighted by atomic mass is 16.6. The quantitative estimate of drug-likeness (QED) is 0.280. The van der Waals surface area contributed by atoms with Crippen molar-refractivity contribution in [1.29, 1.82) is 0 Å². The van der Waals surface area contributed by atoms with Crippen molar-refractivity contribution in [3.05, 3.63) is 15.8 Å². The van der Waals surface area contributed by atoms with Gasteiger partial charge in [-0.3, -0.25) is 20.3 Å². The highest BCUT2D eigenvalue weighted by molar-refractivity contribution is 5.70. The van der Waals surface area contributed by atoms with Gasteiger partial charge in [-0.15, -0.1) is 0 Å². The van der Waals surface area contributed by atoms with Crippen molar-refractivity contribution < 1.29 is 14.5 Å². The van der Waals surface area contributed by atoms with Gasteiger partial charge in [-0.1, -0.05) is 0 Å². The number of hydrazine groups is 1. The first-order valence-corrected chi connectivity index (χ1v) is 5.30. The van der Waals surface area contributed by atoms with E-state index in [-0.39, 0.29) is 36.1 Å². The van der Waals surface area contributed by atoms with Crippen LogP contribution < -0.4 is 16.6 Å². The Labute approximate surface area is 108 Å². The summed E-state index contributed by atoms with van der Waals surface area (Å²) in [6.45, 7) is 1.61. The second kappa shape index (κ2) is 6.44. The summed E-state index contributed by atoms with van der Waals surface area (Å²) in [6, 6.07) is 0. The van der Waals surface area contributed by atoms with Gasteiger partial charge in [-0.2, -0.15) is 4.98 Å². The van der Waals surface area contributed by atoms with Crippen LogP contribution >= 0.6 is 0 Å². The lowest BCUT2D eigenvalue weighted by molar-refractivity contribution is -0.385. The fourth-order valence-electron chi connectivity index (χ4n) is 1.36. The summed E-state index contributed by atoms with van der Waals surface area (Å²) in [5.74, 6) is 4.77. The van der Waals surface area contributed by atoms with Crippen molar-refractivity contribution in [1.82, 2.24) is 9.97 Å². The van der Waals surface area contributed by atoms with E-state index in [1.54, 1.807) is 0 Å². The summed E-state index contributed by atoms with van der Waals surface area (Å²) < 4.78 is 4.46. The Hall–Kier alpha value is -2.49. The molecule has 0 amide bonds. The topological polar surface area (TPSA) is 145 Å². The zero-order valence-electron chi connectivity index (χ0n) is 10.5. The molecule has 1 aromatic heterocycles. The number of hydrogen-bond donors (Lipinski definition) is 3. The number of methoxy groups -OCH3 is 1. The molecule has 10 heteroatoms. The Morgan fingerprint density at radius 1 is 1.53 bits per heavy atom. The molecule has 0 bridgehead atoms. The molecule has 0 aliphatic rings. The molecule has 0 unspecified atom stereocenters. The highest BCUT2D eigenvalue weighted by Crippen LogP contribution is 2.26. The molecule has 0 aliphatic heterocycles. The summed E-state index contributed by atoms with van der Waals surface area (Å²) in [5, 5.41) is 13.6. The van der Waals surface area contributed by atoms with Gasteiger partial charge in [0.05, 0.1) is 18.5 Å². The lowest BCUT2D eigenvalue weighted by atomic mass is 10.3. The fraction of sp³-hybridized carbons (Fsp3) is 0.444. The predicted octanol–water partition coefficient (Wildman–Crippen LogP) is -0.0462. The van der Waals surface area contributed by atoms with Gasteiger partial charge in [0.2, 0.25) is 11.8 Å². The number of nitrogens with one attached hydrogen (secondary N) is 2. The maximum atomic E-state index is 10.9. The largest absolute Gasteiger partial charge is 0.469 e. The average Bonchev–Trinajstić information content (AvgIpc) is 2.37. The van der Waals surface area contributed by atoms with Crippen LogP contribution in [0.25, 0.3) is 0 Å². The molecule has 0 radical (unpaired) electrons. The molecule has 0 fully saturated rings. The molecule has 104 valence electrons. The molecule has 0 saturated carbocycles. The number of rotatable bonds is 6. The maximum Gasteiger partial charge on any atom is 0.332 e. The fourth-order valence-corrected chi connectivity index (χ4v) is 1.36. The number of carbonyl (C=O) groups is 1. The zero-order valence-corrected chi connectivity index (χ0v) is 10.5. The highest BCUT2D eigenvalue weighted by Gasteiger charge is 2.21. The molecule has 0 saturated heterocycles. The Morgan fingerprint density at radius 2 is 2.21 bits per heavy atom. The minimum absolute atomic E-state index is 0.00523. The van der Waals surface area contributed by atoms with E-state index in [0.717, 1.165) is 0 Å². The Morgan fingerprint density at radius 3 is 2.74 bits per heavy atom. The van der Waals surface area contributed by atoms with Gasteiger partial charge in [-0.25, -0.2) is 10.8 Å². The van der Waals surface area contributed by atoms with Crippen molar-refractivity contribution in [2.75, 3.05) is 24.4 Å².